The van der Waals surface area contributed by atoms with Crippen LogP contribution in [0.15, 0.2) is 0 Å². The van der Waals surface area contributed by atoms with Crippen molar-refractivity contribution in [1.29, 1.82) is 5.26 Å². The summed E-state index contributed by atoms with van der Waals surface area (Å²) in [7, 11) is 0. The molecule has 138 valence electrons. The minimum Gasteiger partial charge on any atom is -0.365 e. The molecule has 0 unspecified atom stereocenters. The smallest absolute Gasteiger partial charge is 0.229 e. The van der Waals surface area contributed by atoms with Gasteiger partial charge in [0.15, 0.2) is 5.82 Å². The van der Waals surface area contributed by atoms with Crippen molar-refractivity contribution in [3.05, 3.63) is 16.8 Å². The van der Waals surface area contributed by atoms with E-state index < -0.39 is 0 Å². The van der Waals surface area contributed by atoms with E-state index in [1.165, 1.54) is 4.90 Å². The maximum Gasteiger partial charge on any atom is 0.229 e. The van der Waals surface area contributed by atoms with E-state index in [0.717, 1.165) is 49.8 Å². The first-order chi connectivity index (χ1) is 12.6. The lowest BCUT2D eigenvalue weighted by atomic mass is 9.90. The number of aryl methyl sites for hydroxylation is 1. The van der Waals surface area contributed by atoms with Crippen molar-refractivity contribution in [3.8, 4) is 6.07 Å². The van der Waals surface area contributed by atoms with Crippen molar-refractivity contribution < 1.29 is 9.59 Å². The van der Waals surface area contributed by atoms with Gasteiger partial charge in [0.25, 0.3) is 0 Å². The lowest BCUT2D eigenvalue weighted by molar-refractivity contribution is -0.141. The summed E-state index contributed by atoms with van der Waals surface area (Å²) in [6.45, 7) is 4.04. The van der Waals surface area contributed by atoms with Gasteiger partial charge in [-0.05, 0) is 44.1 Å². The molecule has 0 bridgehead atoms. The lowest BCUT2D eigenvalue weighted by Gasteiger charge is -2.34. The number of aromatic nitrogens is 2. The number of nitrogens with one attached hydrogen (secondary N) is 1. The van der Waals surface area contributed by atoms with E-state index in [1.54, 1.807) is 0 Å². The van der Waals surface area contributed by atoms with E-state index in [2.05, 4.69) is 21.6 Å². The lowest BCUT2D eigenvalue weighted by Crippen LogP contribution is -2.43. The molecule has 2 heterocycles. The Morgan fingerprint density at radius 3 is 2.27 bits per heavy atom. The molecule has 0 atom stereocenters. The third-order valence-electron chi connectivity index (χ3n) is 5.45. The monoisotopic (exact) mass is 355 g/mol. The van der Waals surface area contributed by atoms with Crippen molar-refractivity contribution in [3.63, 3.8) is 0 Å². The van der Waals surface area contributed by atoms with Crippen molar-refractivity contribution in [2.45, 2.75) is 77.3 Å². The van der Waals surface area contributed by atoms with Crippen LogP contribution in [0.4, 0.5) is 5.82 Å². The summed E-state index contributed by atoms with van der Waals surface area (Å²) in [6.07, 6.45) is 5.46. The zero-order valence-corrected chi connectivity index (χ0v) is 15.4. The molecule has 0 radical (unpaired) electrons. The van der Waals surface area contributed by atoms with Crippen LogP contribution in [0.2, 0.25) is 0 Å². The van der Waals surface area contributed by atoms with E-state index >= 15 is 0 Å². The average molecular weight is 355 g/mol. The number of hydrogen-bond donors (Lipinski definition) is 1. The molecule has 1 saturated heterocycles. The summed E-state index contributed by atoms with van der Waals surface area (Å²) >= 11 is 0. The zero-order chi connectivity index (χ0) is 18.7. The van der Waals surface area contributed by atoms with Crippen LogP contribution in [0, 0.1) is 11.3 Å². The number of amides is 2. The summed E-state index contributed by atoms with van der Waals surface area (Å²) in [5.41, 5.74) is 2.44. The van der Waals surface area contributed by atoms with Gasteiger partial charge in [0.1, 0.15) is 11.6 Å². The van der Waals surface area contributed by atoms with Crippen LogP contribution in [0.1, 0.15) is 69.2 Å². The van der Waals surface area contributed by atoms with Crippen molar-refractivity contribution >= 4 is 17.6 Å². The highest BCUT2D eigenvalue weighted by atomic mass is 16.2. The molecule has 26 heavy (non-hydrogen) atoms. The van der Waals surface area contributed by atoms with Crippen LogP contribution in [-0.4, -0.2) is 39.0 Å². The molecular formula is C19H25N5O2. The van der Waals surface area contributed by atoms with Gasteiger partial charge in [-0.15, -0.1) is 5.10 Å². The third kappa shape index (κ3) is 3.41. The summed E-state index contributed by atoms with van der Waals surface area (Å²) in [5.74, 6) is 0.483. The largest absolute Gasteiger partial charge is 0.365 e. The van der Waals surface area contributed by atoms with E-state index in [0.29, 0.717) is 24.2 Å². The summed E-state index contributed by atoms with van der Waals surface area (Å²) < 4.78 is 0. The van der Waals surface area contributed by atoms with E-state index in [-0.39, 0.29) is 23.9 Å². The Kier molecular flexibility index (Phi) is 5.50. The van der Waals surface area contributed by atoms with Crippen LogP contribution in [0.3, 0.4) is 0 Å². The number of hydrogen-bond acceptors (Lipinski definition) is 6. The minimum absolute atomic E-state index is 0.0192. The minimum atomic E-state index is -0.0354. The van der Waals surface area contributed by atoms with Gasteiger partial charge < -0.3 is 5.32 Å². The number of imide groups is 1. The Morgan fingerprint density at radius 2 is 1.73 bits per heavy atom. The van der Waals surface area contributed by atoms with E-state index in [4.69, 9.17) is 0 Å². The zero-order valence-electron chi connectivity index (χ0n) is 15.4. The Bertz CT molecular complexity index is 731. The van der Waals surface area contributed by atoms with Gasteiger partial charge in [0.05, 0.1) is 5.69 Å². The van der Waals surface area contributed by atoms with Gasteiger partial charge in [-0.25, -0.2) is 0 Å². The molecule has 3 rings (SSSR count). The molecule has 2 aliphatic rings. The topological polar surface area (TPSA) is 99.0 Å². The van der Waals surface area contributed by atoms with Gasteiger partial charge in [0.2, 0.25) is 11.8 Å². The molecule has 1 aliphatic carbocycles. The third-order valence-corrected chi connectivity index (χ3v) is 5.45. The SMILES string of the molecule is CCc1nnc(NC2CCC(N3C(=O)CCC3=O)CC2)c(C#N)c1CC. The average Bonchev–Trinajstić information content (AvgIpc) is 3.00. The first-order valence-corrected chi connectivity index (χ1v) is 9.48. The molecule has 1 aromatic heterocycles. The first-order valence-electron chi connectivity index (χ1n) is 9.48. The van der Waals surface area contributed by atoms with E-state index in [9.17, 15) is 14.9 Å². The number of rotatable bonds is 5. The predicted molar refractivity (Wildman–Crippen MR) is 96.3 cm³/mol. The van der Waals surface area contributed by atoms with Crippen LogP contribution in [0.5, 0.6) is 0 Å². The molecule has 2 amide bonds. The normalized spacial score (nSPS) is 23.2. The molecule has 2 fully saturated rings. The van der Waals surface area contributed by atoms with Crippen molar-refractivity contribution in [2.24, 2.45) is 0 Å². The molecule has 0 spiro atoms. The second-order valence-electron chi connectivity index (χ2n) is 6.98. The number of nitriles is 1. The van der Waals surface area contributed by atoms with Gasteiger partial charge in [-0.3, -0.25) is 14.5 Å². The predicted octanol–water partition coefficient (Wildman–Crippen LogP) is 2.35. The van der Waals surface area contributed by atoms with E-state index in [1.807, 2.05) is 13.8 Å². The van der Waals surface area contributed by atoms with Crippen LogP contribution in [-0.2, 0) is 22.4 Å². The van der Waals surface area contributed by atoms with Gasteiger partial charge >= 0.3 is 0 Å². The number of anilines is 1. The van der Waals surface area contributed by atoms with Crippen molar-refractivity contribution in [2.75, 3.05) is 5.32 Å². The van der Waals surface area contributed by atoms with Gasteiger partial charge in [-0.1, -0.05) is 13.8 Å². The van der Waals surface area contributed by atoms with Gasteiger partial charge in [-0.2, -0.15) is 10.4 Å². The second kappa shape index (κ2) is 7.81. The Morgan fingerprint density at radius 1 is 1.08 bits per heavy atom. The molecule has 1 aliphatic heterocycles. The maximum absolute atomic E-state index is 11.9. The Balaban J connectivity index is 1.67. The number of nitrogens with zero attached hydrogens (tertiary/aromatic N) is 4. The van der Waals surface area contributed by atoms with Gasteiger partial charge in [0, 0.05) is 24.9 Å². The summed E-state index contributed by atoms with van der Waals surface area (Å²) in [4.78, 5) is 25.3. The van der Waals surface area contributed by atoms with Crippen molar-refractivity contribution in [1.82, 2.24) is 15.1 Å². The molecule has 7 heteroatoms. The van der Waals surface area contributed by atoms with Crippen LogP contribution in [0.25, 0.3) is 0 Å². The fourth-order valence-electron chi connectivity index (χ4n) is 4.07. The molecule has 7 nitrogen and oxygen atoms in total. The fraction of sp³-hybridized carbons (Fsp3) is 0.632. The quantitative estimate of drug-likeness (QED) is 0.814. The maximum atomic E-state index is 11.9. The molecular weight excluding hydrogens is 330 g/mol. The highest BCUT2D eigenvalue weighted by Crippen LogP contribution is 2.30. The number of likely N-dealkylation sites (tertiary alicyclic amines) is 1. The highest BCUT2D eigenvalue weighted by Gasteiger charge is 2.37. The Labute approximate surface area is 153 Å². The highest BCUT2D eigenvalue weighted by molar-refractivity contribution is 6.02. The summed E-state index contributed by atoms with van der Waals surface area (Å²) in [5, 5.41) is 21.5. The first kappa shape index (κ1) is 18.3. The summed E-state index contributed by atoms with van der Waals surface area (Å²) in [6, 6.07) is 2.48. The molecule has 1 N–H and O–H groups in total. The number of carbonyl (C=O) groups excluding carboxylic acids is 2. The standard InChI is InChI=1S/C19H25N5O2/c1-3-14-15(11-20)19(23-22-16(14)4-2)21-12-5-7-13(8-6-12)24-17(25)9-10-18(24)26/h12-13H,3-10H2,1-2H3,(H,21,23). The molecule has 1 aromatic rings. The van der Waals surface area contributed by atoms with Crippen LogP contribution >= 0.6 is 0 Å². The molecule has 0 aromatic carbocycles. The number of carbonyl (C=O) groups is 2. The fourth-order valence-corrected chi connectivity index (χ4v) is 4.07. The Hall–Kier alpha value is -2.49. The van der Waals surface area contributed by atoms with Crippen LogP contribution < -0.4 is 5.32 Å². The second-order valence-corrected chi connectivity index (χ2v) is 6.98. The molecule has 1 saturated carbocycles.